The second-order valence-electron chi connectivity index (χ2n) is 7.02. The standard InChI is InChI=1S/C22H26N2O4S/c1-2-13-23-22(25)19-9-6-12-21(15-19)29(26,27)24-14-7-8-18(16-24)17-28-20-10-4-3-5-11-20/h2-6,9-12,15,18H,1,7-8,13-14,16-17H2,(H,23,25). The molecule has 29 heavy (non-hydrogen) atoms. The van der Waals surface area contributed by atoms with Crippen molar-refractivity contribution in [1.29, 1.82) is 0 Å². The highest BCUT2D eigenvalue weighted by Crippen LogP contribution is 2.25. The van der Waals surface area contributed by atoms with E-state index in [4.69, 9.17) is 4.74 Å². The highest BCUT2D eigenvalue weighted by atomic mass is 32.2. The number of para-hydroxylation sites is 1. The maximum Gasteiger partial charge on any atom is 0.251 e. The molecule has 1 N–H and O–H groups in total. The SMILES string of the molecule is C=CCNC(=O)c1cccc(S(=O)(=O)N2CCCC(COc3ccccc3)C2)c1. The van der Waals surface area contributed by atoms with Gasteiger partial charge in [-0.3, -0.25) is 4.79 Å². The van der Waals surface area contributed by atoms with Crippen molar-refractivity contribution in [2.24, 2.45) is 5.92 Å². The summed E-state index contributed by atoms with van der Waals surface area (Å²) in [6, 6.07) is 15.7. The maximum absolute atomic E-state index is 13.1. The van der Waals surface area contributed by atoms with E-state index >= 15 is 0 Å². The molecule has 1 saturated heterocycles. The first-order chi connectivity index (χ1) is 14.0. The molecular weight excluding hydrogens is 388 g/mol. The molecule has 1 unspecified atom stereocenters. The fourth-order valence-electron chi connectivity index (χ4n) is 3.33. The molecule has 0 saturated carbocycles. The minimum Gasteiger partial charge on any atom is -0.493 e. The molecule has 0 aromatic heterocycles. The Kier molecular flexibility index (Phi) is 7.06. The zero-order chi connectivity index (χ0) is 20.7. The van der Waals surface area contributed by atoms with E-state index in [1.807, 2.05) is 30.3 Å². The minimum absolute atomic E-state index is 0.123. The number of nitrogens with zero attached hydrogens (tertiary/aromatic N) is 1. The number of benzene rings is 2. The number of carbonyl (C=O) groups is 1. The summed E-state index contributed by atoms with van der Waals surface area (Å²) >= 11 is 0. The molecule has 0 aliphatic carbocycles. The van der Waals surface area contributed by atoms with Crippen LogP contribution in [0.15, 0.2) is 72.1 Å². The summed E-state index contributed by atoms with van der Waals surface area (Å²) in [5.41, 5.74) is 0.314. The lowest BCUT2D eigenvalue weighted by Crippen LogP contribution is -2.41. The second kappa shape index (κ2) is 9.71. The number of sulfonamides is 1. The average Bonchev–Trinajstić information content (AvgIpc) is 2.77. The minimum atomic E-state index is -3.68. The van der Waals surface area contributed by atoms with Crippen molar-refractivity contribution in [1.82, 2.24) is 9.62 Å². The number of nitrogens with one attached hydrogen (secondary N) is 1. The Bertz CT molecular complexity index is 944. The Hall–Kier alpha value is -2.64. The smallest absolute Gasteiger partial charge is 0.251 e. The molecule has 3 rings (SSSR count). The molecule has 7 heteroatoms. The van der Waals surface area contributed by atoms with Crippen LogP contribution in [-0.4, -0.2) is 44.9 Å². The topological polar surface area (TPSA) is 75.7 Å². The van der Waals surface area contributed by atoms with E-state index in [1.165, 1.54) is 16.4 Å². The van der Waals surface area contributed by atoms with E-state index in [9.17, 15) is 13.2 Å². The first kappa shape index (κ1) is 21.1. The van der Waals surface area contributed by atoms with Crippen LogP contribution >= 0.6 is 0 Å². The monoisotopic (exact) mass is 414 g/mol. The van der Waals surface area contributed by atoms with Gasteiger partial charge in [0.25, 0.3) is 5.91 Å². The summed E-state index contributed by atoms with van der Waals surface area (Å²) in [5.74, 6) is 0.582. The fraction of sp³-hybridized carbons (Fsp3) is 0.318. The predicted molar refractivity (Wildman–Crippen MR) is 112 cm³/mol. The molecule has 1 aliphatic heterocycles. The van der Waals surface area contributed by atoms with Crippen LogP contribution in [0.4, 0.5) is 0 Å². The van der Waals surface area contributed by atoms with Gasteiger partial charge in [0.05, 0.1) is 11.5 Å². The number of rotatable bonds is 8. The van der Waals surface area contributed by atoms with Gasteiger partial charge >= 0.3 is 0 Å². The Morgan fingerprint density at radius 1 is 1.21 bits per heavy atom. The van der Waals surface area contributed by atoms with Gasteiger partial charge in [0.2, 0.25) is 10.0 Å². The molecule has 1 fully saturated rings. The lowest BCUT2D eigenvalue weighted by molar-refractivity contribution is 0.0958. The van der Waals surface area contributed by atoms with Crippen LogP contribution in [-0.2, 0) is 10.0 Å². The van der Waals surface area contributed by atoms with Crippen LogP contribution in [0.5, 0.6) is 5.75 Å². The summed E-state index contributed by atoms with van der Waals surface area (Å²) in [7, 11) is -3.68. The predicted octanol–water partition coefficient (Wildman–Crippen LogP) is 3.08. The zero-order valence-electron chi connectivity index (χ0n) is 16.3. The first-order valence-electron chi connectivity index (χ1n) is 9.68. The molecule has 6 nitrogen and oxygen atoms in total. The van der Waals surface area contributed by atoms with E-state index in [-0.39, 0.29) is 16.7 Å². The van der Waals surface area contributed by atoms with Crippen LogP contribution in [0.2, 0.25) is 0 Å². The van der Waals surface area contributed by atoms with Crippen LogP contribution in [0, 0.1) is 5.92 Å². The molecule has 1 aliphatic rings. The summed E-state index contributed by atoms with van der Waals surface area (Å²) < 4.78 is 33.6. The summed E-state index contributed by atoms with van der Waals surface area (Å²) in [6.07, 6.45) is 3.27. The number of hydrogen-bond acceptors (Lipinski definition) is 4. The van der Waals surface area contributed by atoms with E-state index in [2.05, 4.69) is 11.9 Å². The second-order valence-corrected chi connectivity index (χ2v) is 8.96. The summed E-state index contributed by atoms with van der Waals surface area (Å²) in [6.45, 7) is 5.23. The van der Waals surface area contributed by atoms with Crippen LogP contribution in [0.1, 0.15) is 23.2 Å². The van der Waals surface area contributed by atoms with Crippen molar-refractivity contribution in [3.05, 3.63) is 72.8 Å². The number of amides is 1. The number of carbonyl (C=O) groups excluding carboxylic acids is 1. The third kappa shape index (κ3) is 5.46. The van der Waals surface area contributed by atoms with Crippen LogP contribution < -0.4 is 10.1 Å². The van der Waals surface area contributed by atoms with Crippen LogP contribution in [0.3, 0.4) is 0 Å². The van der Waals surface area contributed by atoms with Gasteiger partial charge in [-0.2, -0.15) is 4.31 Å². The lowest BCUT2D eigenvalue weighted by Gasteiger charge is -2.31. The molecule has 1 heterocycles. The normalized spacial score (nSPS) is 17.4. The first-order valence-corrected chi connectivity index (χ1v) is 11.1. The van der Waals surface area contributed by atoms with Crippen molar-refractivity contribution >= 4 is 15.9 Å². The van der Waals surface area contributed by atoms with Gasteiger partial charge in [-0.15, -0.1) is 6.58 Å². The molecular formula is C22H26N2O4S. The van der Waals surface area contributed by atoms with Gasteiger partial charge in [-0.1, -0.05) is 30.3 Å². The van der Waals surface area contributed by atoms with Gasteiger partial charge in [0.15, 0.2) is 0 Å². The van der Waals surface area contributed by atoms with Crippen molar-refractivity contribution in [2.45, 2.75) is 17.7 Å². The van der Waals surface area contributed by atoms with Gasteiger partial charge in [-0.25, -0.2) is 8.42 Å². The Morgan fingerprint density at radius 3 is 2.76 bits per heavy atom. The molecule has 154 valence electrons. The Morgan fingerprint density at radius 2 is 2.00 bits per heavy atom. The van der Waals surface area contributed by atoms with Gasteiger partial charge in [0.1, 0.15) is 5.75 Å². The van der Waals surface area contributed by atoms with Gasteiger partial charge in [-0.05, 0) is 43.2 Å². The highest BCUT2D eigenvalue weighted by Gasteiger charge is 2.31. The third-order valence-corrected chi connectivity index (χ3v) is 6.71. The maximum atomic E-state index is 13.1. The zero-order valence-corrected chi connectivity index (χ0v) is 17.1. The fourth-order valence-corrected chi connectivity index (χ4v) is 4.93. The quantitative estimate of drug-likeness (QED) is 0.674. The van der Waals surface area contributed by atoms with E-state index < -0.39 is 10.0 Å². The van der Waals surface area contributed by atoms with Gasteiger partial charge in [0, 0.05) is 31.1 Å². The van der Waals surface area contributed by atoms with Crippen molar-refractivity contribution < 1.29 is 17.9 Å². The highest BCUT2D eigenvalue weighted by molar-refractivity contribution is 7.89. The van der Waals surface area contributed by atoms with Crippen molar-refractivity contribution in [2.75, 3.05) is 26.2 Å². The summed E-state index contributed by atoms with van der Waals surface area (Å²) in [5, 5.41) is 2.66. The van der Waals surface area contributed by atoms with Gasteiger partial charge < -0.3 is 10.1 Å². The molecule has 1 amide bonds. The molecule has 2 aromatic carbocycles. The third-order valence-electron chi connectivity index (χ3n) is 4.85. The van der Waals surface area contributed by atoms with Crippen molar-refractivity contribution in [3.63, 3.8) is 0 Å². The summed E-state index contributed by atoms with van der Waals surface area (Å²) in [4.78, 5) is 12.3. The number of hydrogen-bond donors (Lipinski definition) is 1. The molecule has 2 aromatic rings. The van der Waals surface area contributed by atoms with E-state index in [0.717, 1.165) is 18.6 Å². The number of ether oxygens (including phenoxy) is 1. The molecule has 0 spiro atoms. The van der Waals surface area contributed by atoms with Crippen LogP contribution in [0.25, 0.3) is 0 Å². The van der Waals surface area contributed by atoms with E-state index in [0.29, 0.717) is 31.8 Å². The molecule has 1 atom stereocenters. The molecule has 0 radical (unpaired) electrons. The Labute approximate surface area is 172 Å². The Balaban J connectivity index is 1.68. The number of piperidine rings is 1. The van der Waals surface area contributed by atoms with E-state index in [1.54, 1.807) is 18.2 Å². The largest absolute Gasteiger partial charge is 0.493 e. The average molecular weight is 415 g/mol. The lowest BCUT2D eigenvalue weighted by atomic mass is 10.0. The van der Waals surface area contributed by atoms with Crippen molar-refractivity contribution in [3.8, 4) is 5.75 Å². The molecule has 0 bridgehead atoms.